The van der Waals surface area contributed by atoms with E-state index in [1.807, 2.05) is 0 Å². The van der Waals surface area contributed by atoms with Gasteiger partial charge in [-0.2, -0.15) is 4.98 Å². The van der Waals surface area contributed by atoms with E-state index in [0.29, 0.717) is 12.0 Å². The quantitative estimate of drug-likeness (QED) is 0.757. The van der Waals surface area contributed by atoms with Gasteiger partial charge in [0.1, 0.15) is 0 Å². The molecule has 0 unspecified atom stereocenters. The molecule has 1 fully saturated rings. The summed E-state index contributed by atoms with van der Waals surface area (Å²) in [7, 11) is 0. The number of anilines is 1. The monoisotopic (exact) mass is 235 g/mol. The number of nitrogens with zero attached hydrogens (tertiary/aromatic N) is 5. The van der Waals surface area contributed by atoms with Gasteiger partial charge in [-0.1, -0.05) is 24.4 Å². The zero-order chi connectivity index (χ0) is 11.7. The molecule has 2 heterocycles. The van der Waals surface area contributed by atoms with Crippen molar-refractivity contribution >= 4 is 11.7 Å². The molecule has 0 atom stereocenters. The molecule has 0 amide bonds. The van der Waals surface area contributed by atoms with Crippen LogP contribution < -0.4 is 11.0 Å². The fourth-order valence-electron chi connectivity index (χ4n) is 2.17. The summed E-state index contributed by atoms with van der Waals surface area (Å²) in [6, 6.07) is 0.380. The van der Waals surface area contributed by atoms with Gasteiger partial charge in [0, 0.05) is 6.04 Å². The highest BCUT2D eigenvalue weighted by Crippen LogP contribution is 2.19. The first-order valence-corrected chi connectivity index (χ1v) is 5.78. The molecule has 1 aliphatic carbocycles. The van der Waals surface area contributed by atoms with Gasteiger partial charge in [-0.25, -0.2) is 4.79 Å². The van der Waals surface area contributed by atoms with Gasteiger partial charge in [0.2, 0.25) is 5.95 Å². The van der Waals surface area contributed by atoms with Gasteiger partial charge in [0.15, 0.2) is 0 Å². The van der Waals surface area contributed by atoms with Gasteiger partial charge in [0.05, 0.1) is 0 Å². The Morgan fingerprint density at radius 1 is 1.29 bits per heavy atom. The number of tetrazole rings is 1. The number of nitrogens with one attached hydrogen (secondary N) is 2. The number of aromatic amines is 1. The van der Waals surface area contributed by atoms with Crippen molar-refractivity contribution in [1.29, 1.82) is 0 Å². The van der Waals surface area contributed by atoms with Crippen LogP contribution in [0.1, 0.15) is 32.1 Å². The topological polar surface area (TPSA) is 101 Å². The molecule has 1 aliphatic rings. The molecular weight excluding hydrogens is 222 g/mol. The summed E-state index contributed by atoms with van der Waals surface area (Å²) in [6.07, 6.45) is 5.95. The smallest absolute Gasteiger partial charge is 0.353 e. The second kappa shape index (κ2) is 4.11. The SMILES string of the molecule is O=c1[nH]c(NC2CCCCC2)nc2nnnn12. The Morgan fingerprint density at radius 3 is 2.94 bits per heavy atom. The Morgan fingerprint density at radius 2 is 2.12 bits per heavy atom. The summed E-state index contributed by atoms with van der Waals surface area (Å²) >= 11 is 0. The Hall–Kier alpha value is -1.99. The normalized spacial score (nSPS) is 17.4. The van der Waals surface area contributed by atoms with Gasteiger partial charge >= 0.3 is 5.69 Å². The number of hydrogen-bond acceptors (Lipinski definition) is 6. The van der Waals surface area contributed by atoms with Gasteiger partial charge in [0.25, 0.3) is 5.78 Å². The Labute approximate surface area is 96.4 Å². The van der Waals surface area contributed by atoms with E-state index in [1.54, 1.807) is 0 Å². The molecule has 0 aliphatic heterocycles. The summed E-state index contributed by atoms with van der Waals surface area (Å²) in [6.45, 7) is 0. The summed E-state index contributed by atoms with van der Waals surface area (Å²) < 4.78 is 1.03. The highest BCUT2D eigenvalue weighted by atomic mass is 16.1. The third-order valence-electron chi connectivity index (χ3n) is 3.03. The molecule has 8 heteroatoms. The van der Waals surface area contributed by atoms with Crippen molar-refractivity contribution in [2.24, 2.45) is 0 Å². The zero-order valence-corrected chi connectivity index (χ0v) is 9.26. The number of H-pyrrole nitrogens is 1. The largest absolute Gasteiger partial charge is 0.353 e. The third-order valence-corrected chi connectivity index (χ3v) is 3.03. The van der Waals surface area contributed by atoms with Crippen LogP contribution in [0.4, 0.5) is 5.95 Å². The molecule has 1 saturated carbocycles. The molecule has 2 N–H and O–H groups in total. The first-order chi connectivity index (χ1) is 8.33. The lowest BCUT2D eigenvalue weighted by Crippen LogP contribution is -2.27. The van der Waals surface area contributed by atoms with Crippen LogP contribution in [-0.4, -0.2) is 36.1 Å². The van der Waals surface area contributed by atoms with Crippen molar-refractivity contribution in [3.05, 3.63) is 10.5 Å². The summed E-state index contributed by atoms with van der Waals surface area (Å²) in [5.41, 5.74) is -0.377. The first-order valence-electron chi connectivity index (χ1n) is 5.78. The molecule has 3 rings (SSSR count). The lowest BCUT2D eigenvalue weighted by atomic mass is 9.96. The average Bonchev–Trinajstić information content (AvgIpc) is 2.79. The third kappa shape index (κ3) is 1.97. The first kappa shape index (κ1) is 10.2. The van der Waals surface area contributed by atoms with Gasteiger partial charge in [-0.15, -0.1) is 4.52 Å². The minimum absolute atomic E-state index is 0.215. The van der Waals surface area contributed by atoms with Crippen LogP contribution in [0, 0.1) is 0 Å². The molecule has 0 aromatic carbocycles. The van der Waals surface area contributed by atoms with E-state index in [4.69, 9.17) is 0 Å². The lowest BCUT2D eigenvalue weighted by Gasteiger charge is -2.22. The van der Waals surface area contributed by atoms with E-state index < -0.39 is 0 Å². The lowest BCUT2D eigenvalue weighted by molar-refractivity contribution is 0.460. The minimum Gasteiger partial charge on any atom is -0.353 e. The van der Waals surface area contributed by atoms with Crippen LogP contribution in [0.25, 0.3) is 5.78 Å². The standard InChI is InChI=1S/C9H13N7O/c17-9-12-7(10-6-4-2-1-3-5-6)11-8-13-14-15-16(8)9/h6H,1-5H2,(H2,10,11,12,13,15,17). The molecule has 0 radical (unpaired) electrons. The molecule has 8 nitrogen and oxygen atoms in total. The van der Waals surface area contributed by atoms with Crippen LogP contribution in [0.2, 0.25) is 0 Å². The second-order valence-electron chi connectivity index (χ2n) is 4.26. The van der Waals surface area contributed by atoms with E-state index in [-0.39, 0.29) is 11.5 Å². The predicted octanol–water partition coefficient (Wildman–Crippen LogP) is -0.0478. The number of aromatic nitrogens is 6. The summed E-state index contributed by atoms with van der Waals surface area (Å²) in [5, 5.41) is 13.8. The van der Waals surface area contributed by atoms with Gasteiger partial charge in [-0.05, 0) is 23.3 Å². The van der Waals surface area contributed by atoms with E-state index >= 15 is 0 Å². The highest BCUT2D eigenvalue weighted by Gasteiger charge is 2.14. The van der Waals surface area contributed by atoms with Crippen molar-refractivity contribution in [3.8, 4) is 0 Å². The van der Waals surface area contributed by atoms with Crippen LogP contribution in [0.5, 0.6) is 0 Å². The maximum absolute atomic E-state index is 11.6. The molecule has 2 aromatic rings. The van der Waals surface area contributed by atoms with Crippen molar-refractivity contribution < 1.29 is 0 Å². The fraction of sp³-hybridized carbons (Fsp3) is 0.667. The average molecular weight is 235 g/mol. The predicted molar refractivity (Wildman–Crippen MR) is 59.7 cm³/mol. The van der Waals surface area contributed by atoms with E-state index in [2.05, 4.69) is 30.8 Å². The van der Waals surface area contributed by atoms with Crippen LogP contribution >= 0.6 is 0 Å². The van der Waals surface area contributed by atoms with Crippen molar-refractivity contribution in [1.82, 2.24) is 30.0 Å². The van der Waals surface area contributed by atoms with Crippen LogP contribution in [0.15, 0.2) is 4.79 Å². The Kier molecular flexibility index (Phi) is 2.46. The fourth-order valence-corrected chi connectivity index (χ4v) is 2.17. The maximum atomic E-state index is 11.6. The molecule has 0 spiro atoms. The summed E-state index contributed by atoms with van der Waals surface area (Å²) in [5.74, 6) is 0.663. The Bertz CT molecular complexity index is 568. The molecular formula is C9H13N7O. The molecule has 2 aromatic heterocycles. The summed E-state index contributed by atoms with van der Waals surface area (Å²) in [4.78, 5) is 18.4. The number of fused-ring (bicyclic) bond motifs is 1. The molecule has 0 saturated heterocycles. The maximum Gasteiger partial charge on any atom is 0.353 e. The zero-order valence-electron chi connectivity index (χ0n) is 9.26. The van der Waals surface area contributed by atoms with Crippen molar-refractivity contribution in [2.45, 2.75) is 38.1 Å². The molecule has 90 valence electrons. The minimum atomic E-state index is -0.377. The van der Waals surface area contributed by atoms with E-state index in [0.717, 1.165) is 17.4 Å². The van der Waals surface area contributed by atoms with Crippen molar-refractivity contribution in [3.63, 3.8) is 0 Å². The highest BCUT2D eigenvalue weighted by molar-refractivity contribution is 5.33. The molecule has 0 bridgehead atoms. The Balaban J connectivity index is 1.87. The van der Waals surface area contributed by atoms with E-state index in [1.165, 1.54) is 19.3 Å². The van der Waals surface area contributed by atoms with Gasteiger partial charge in [-0.3, -0.25) is 4.98 Å². The number of rotatable bonds is 2. The van der Waals surface area contributed by atoms with Gasteiger partial charge < -0.3 is 5.32 Å². The van der Waals surface area contributed by atoms with E-state index in [9.17, 15) is 4.79 Å². The van der Waals surface area contributed by atoms with Crippen LogP contribution in [0.3, 0.4) is 0 Å². The van der Waals surface area contributed by atoms with Crippen molar-refractivity contribution in [2.75, 3.05) is 5.32 Å². The second-order valence-corrected chi connectivity index (χ2v) is 4.26. The van der Waals surface area contributed by atoms with Crippen LogP contribution in [-0.2, 0) is 0 Å². The number of hydrogen-bond donors (Lipinski definition) is 2. The molecule has 17 heavy (non-hydrogen) atoms.